The molecule has 146 valence electrons. The Labute approximate surface area is 168 Å². The van der Waals surface area contributed by atoms with Gasteiger partial charge < -0.3 is 10.2 Å². The number of likely N-dealkylation sites (tertiary alicyclic amines) is 1. The number of halogens is 1. The van der Waals surface area contributed by atoms with Crippen molar-refractivity contribution in [2.75, 3.05) is 19.6 Å². The number of piperidine rings is 1. The monoisotopic (exact) mass is 434 g/mol. The normalized spacial score (nSPS) is 18.2. The molecule has 0 aliphatic carbocycles. The molecule has 2 aromatic rings. The van der Waals surface area contributed by atoms with Gasteiger partial charge in [-0.1, -0.05) is 36.7 Å². The van der Waals surface area contributed by atoms with Gasteiger partial charge in [0.1, 0.15) is 6.54 Å². The van der Waals surface area contributed by atoms with E-state index in [4.69, 9.17) is 0 Å². The molecule has 1 aromatic carbocycles. The van der Waals surface area contributed by atoms with E-state index in [0.717, 1.165) is 48.0 Å². The third-order valence-corrected chi connectivity index (χ3v) is 5.60. The Bertz CT molecular complexity index is 893. The lowest BCUT2D eigenvalue weighted by Crippen LogP contribution is -2.48. The van der Waals surface area contributed by atoms with Crippen molar-refractivity contribution >= 4 is 32.6 Å². The number of nitrogens with one attached hydrogen (secondary N) is 1. The smallest absolute Gasteiger partial charge is 0.275 e. The van der Waals surface area contributed by atoms with Gasteiger partial charge in [0.05, 0.1) is 11.1 Å². The van der Waals surface area contributed by atoms with E-state index in [9.17, 15) is 9.59 Å². The Balaban J connectivity index is 1.84. The van der Waals surface area contributed by atoms with Crippen molar-refractivity contribution < 1.29 is 4.79 Å². The topological polar surface area (TPSA) is 67.2 Å². The summed E-state index contributed by atoms with van der Waals surface area (Å²) in [6.07, 6.45) is 2.06. The molecular weight excluding hydrogens is 408 g/mol. The van der Waals surface area contributed by atoms with Gasteiger partial charge in [0.15, 0.2) is 0 Å². The highest BCUT2D eigenvalue weighted by Gasteiger charge is 2.21. The van der Waals surface area contributed by atoms with Gasteiger partial charge in [-0.15, -0.1) is 0 Å². The Morgan fingerprint density at radius 2 is 2.15 bits per heavy atom. The van der Waals surface area contributed by atoms with Gasteiger partial charge in [-0.05, 0) is 50.0 Å². The Morgan fingerprint density at radius 3 is 2.85 bits per heavy atom. The number of carbonyl (C=O) groups excluding carboxylic acids is 1. The standard InChI is InChI=1S/C20H27BrN4O2/c1-4-24-9-5-6-15(11-24)22-18(26)12-25-20(27)16-8-7-14(21)10-17(16)19(23-25)13(2)3/h7-8,10,13,15H,4-6,9,11-12H2,1-3H3,(H,22,26)/t15-/m0/s1. The quantitative estimate of drug-likeness (QED) is 0.785. The van der Waals surface area contributed by atoms with Crippen LogP contribution in [0.2, 0.25) is 0 Å². The molecule has 0 radical (unpaired) electrons. The van der Waals surface area contributed by atoms with Gasteiger partial charge in [0.25, 0.3) is 5.56 Å². The second-order valence-corrected chi connectivity index (χ2v) is 8.41. The summed E-state index contributed by atoms with van der Waals surface area (Å²) < 4.78 is 2.22. The van der Waals surface area contributed by atoms with Crippen LogP contribution in [0.15, 0.2) is 27.5 Å². The first-order valence-corrected chi connectivity index (χ1v) is 10.4. The van der Waals surface area contributed by atoms with Crippen molar-refractivity contribution in [1.29, 1.82) is 0 Å². The van der Waals surface area contributed by atoms with Crippen LogP contribution in [0.3, 0.4) is 0 Å². The summed E-state index contributed by atoms with van der Waals surface area (Å²) in [7, 11) is 0. The van der Waals surface area contributed by atoms with Crippen LogP contribution in [0.25, 0.3) is 10.8 Å². The van der Waals surface area contributed by atoms with Crippen molar-refractivity contribution in [3.8, 4) is 0 Å². The molecule has 6 nitrogen and oxygen atoms in total. The number of hydrogen-bond donors (Lipinski definition) is 1. The minimum Gasteiger partial charge on any atom is -0.350 e. The third kappa shape index (κ3) is 4.58. The maximum atomic E-state index is 12.8. The molecule has 1 atom stereocenters. The fourth-order valence-electron chi connectivity index (χ4n) is 3.69. The predicted octanol–water partition coefficient (Wildman–Crippen LogP) is 2.88. The van der Waals surface area contributed by atoms with Crippen molar-refractivity contribution in [2.45, 2.75) is 52.1 Å². The van der Waals surface area contributed by atoms with Gasteiger partial charge in [-0.2, -0.15) is 5.10 Å². The highest BCUT2D eigenvalue weighted by molar-refractivity contribution is 9.10. The van der Waals surface area contributed by atoms with Gasteiger partial charge >= 0.3 is 0 Å². The Morgan fingerprint density at radius 1 is 1.37 bits per heavy atom. The molecule has 1 aliphatic heterocycles. The highest BCUT2D eigenvalue weighted by atomic mass is 79.9. The van der Waals surface area contributed by atoms with Crippen molar-refractivity contribution in [3.05, 3.63) is 38.7 Å². The Kier molecular flexibility index (Phi) is 6.32. The minimum absolute atomic E-state index is 0.0484. The van der Waals surface area contributed by atoms with Crippen molar-refractivity contribution in [3.63, 3.8) is 0 Å². The van der Waals surface area contributed by atoms with Gasteiger partial charge in [-0.3, -0.25) is 9.59 Å². The van der Waals surface area contributed by atoms with Crippen LogP contribution in [0.4, 0.5) is 0 Å². The lowest BCUT2D eigenvalue weighted by molar-refractivity contribution is -0.123. The molecule has 7 heteroatoms. The van der Waals surface area contributed by atoms with E-state index in [1.807, 2.05) is 26.0 Å². The molecule has 1 fully saturated rings. The Hall–Kier alpha value is -1.73. The summed E-state index contributed by atoms with van der Waals surface area (Å²) in [5, 5.41) is 9.03. The lowest BCUT2D eigenvalue weighted by Gasteiger charge is -2.32. The molecule has 1 aromatic heterocycles. The number of amides is 1. The van der Waals surface area contributed by atoms with Crippen molar-refractivity contribution in [2.24, 2.45) is 0 Å². The molecule has 2 heterocycles. The molecule has 27 heavy (non-hydrogen) atoms. The number of rotatable bonds is 5. The van der Waals surface area contributed by atoms with Crippen LogP contribution in [0, 0.1) is 0 Å². The second kappa shape index (κ2) is 8.52. The molecule has 3 rings (SSSR count). The van der Waals surface area contributed by atoms with E-state index in [1.165, 1.54) is 4.68 Å². The summed E-state index contributed by atoms with van der Waals surface area (Å²) in [6, 6.07) is 5.71. The van der Waals surface area contributed by atoms with E-state index < -0.39 is 0 Å². The minimum atomic E-state index is -0.226. The summed E-state index contributed by atoms with van der Waals surface area (Å²) in [5.41, 5.74) is 0.601. The van der Waals surface area contributed by atoms with E-state index in [2.05, 4.69) is 38.2 Å². The number of nitrogens with zero attached hydrogens (tertiary/aromatic N) is 3. The van der Waals surface area contributed by atoms with Crippen molar-refractivity contribution in [1.82, 2.24) is 20.0 Å². The largest absolute Gasteiger partial charge is 0.350 e. The van der Waals surface area contributed by atoms with Crippen LogP contribution in [-0.2, 0) is 11.3 Å². The zero-order valence-corrected chi connectivity index (χ0v) is 17.8. The molecule has 0 spiro atoms. The zero-order chi connectivity index (χ0) is 19.6. The number of carbonyl (C=O) groups is 1. The lowest BCUT2D eigenvalue weighted by atomic mass is 10.0. The molecule has 1 N–H and O–H groups in total. The van der Waals surface area contributed by atoms with Crippen LogP contribution in [-0.4, -0.2) is 46.3 Å². The summed E-state index contributed by atoms with van der Waals surface area (Å²) in [4.78, 5) is 27.7. The average Bonchev–Trinajstić information content (AvgIpc) is 2.63. The maximum absolute atomic E-state index is 12.8. The van der Waals surface area contributed by atoms with Crippen LogP contribution >= 0.6 is 15.9 Å². The first-order valence-electron chi connectivity index (χ1n) is 9.61. The van der Waals surface area contributed by atoms with Crippen LogP contribution in [0.1, 0.15) is 45.2 Å². The van der Waals surface area contributed by atoms with E-state index >= 15 is 0 Å². The van der Waals surface area contributed by atoms with Crippen LogP contribution in [0.5, 0.6) is 0 Å². The SMILES string of the molecule is CCN1CCC[C@H](NC(=O)Cn2nc(C(C)C)c3cc(Br)ccc3c2=O)C1. The predicted molar refractivity (Wildman–Crippen MR) is 111 cm³/mol. The molecular formula is C20H27BrN4O2. The maximum Gasteiger partial charge on any atom is 0.275 e. The number of benzene rings is 1. The first-order chi connectivity index (χ1) is 12.9. The number of likely N-dealkylation sites (N-methyl/N-ethyl adjacent to an activating group) is 1. The number of fused-ring (bicyclic) bond motifs is 1. The summed E-state index contributed by atoms with van der Waals surface area (Å²) >= 11 is 3.46. The molecule has 1 amide bonds. The zero-order valence-electron chi connectivity index (χ0n) is 16.2. The molecule has 0 bridgehead atoms. The number of hydrogen-bond acceptors (Lipinski definition) is 4. The number of aromatic nitrogens is 2. The van der Waals surface area contributed by atoms with E-state index in [0.29, 0.717) is 5.39 Å². The van der Waals surface area contributed by atoms with E-state index in [-0.39, 0.29) is 30.0 Å². The van der Waals surface area contributed by atoms with E-state index in [1.54, 1.807) is 6.07 Å². The molecule has 1 aliphatic rings. The van der Waals surface area contributed by atoms with Crippen LogP contribution < -0.4 is 10.9 Å². The summed E-state index contributed by atoms with van der Waals surface area (Å²) in [5.74, 6) is -0.00751. The fourth-order valence-corrected chi connectivity index (χ4v) is 4.05. The third-order valence-electron chi connectivity index (χ3n) is 5.11. The van der Waals surface area contributed by atoms with Gasteiger partial charge in [-0.25, -0.2) is 4.68 Å². The highest BCUT2D eigenvalue weighted by Crippen LogP contribution is 2.24. The summed E-state index contributed by atoms with van der Waals surface area (Å²) in [6.45, 7) is 9.11. The van der Waals surface area contributed by atoms with Gasteiger partial charge in [0, 0.05) is 22.4 Å². The first kappa shape index (κ1) is 20.0. The van der Waals surface area contributed by atoms with Gasteiger partial charge in [0.2, 0.25) is 5.91 Å². The molecule has 0 saturated carbocycles. The molecule has 0 unspecified atom stereocenters. The second-order valence-electron chi connectivity index (χ2n) is 7.49. The fraction of sp³-hybridized carbons (Fsp3) is 0.550. The average molecular weight is 435 g/mol. The molecule has 1 saturated heterocycles.